The van der Waals surface area contributed by atoms with E-state index in [1.165, 1.54) is 0 Å². The molecule has 2 rings (SSSR count). The molecule has 2 heteroatoms. The van der Waals surface area contributed by atoms with Crippen LogP contribution in [0.15, 0.2) is 35.2 Å². The van der Waals surface area contributed by atoms with Gasteiger partial charge in [0.1, 0.15) is 0 Å². The number of rotatable bonds is 3. The van der Waals surface area contributed by atoms with E-state index in [2.05, 4.69) is 63.2 Å². The third kappa shape index (κ3) is 2.34. The Bertz CT molecular complexity index is 469. The van der Waals surface area contributed by atoms with Gasteiger partial charge in [0.2, 0.25) is 0 Å². The molecule has 0 radical (unpaired) electrons. The van der Waals surface area contributed by atoms with Crippen molar-refractivity contribution < 1.29 is 0 Å². The van der Waals surface area contributed by atoms with Gasteiger partial charge in [0, 0.05) is 10.3 Å². The maximum absolute atomic E-state index is 2.44. The van der Waals surface area contributed by atoms with E-state index in [0.717, 1.165) is 6.42 Å². The van der Waals surface area contributed by atoms with Crippen molar-refractivity contribution >= 4 is 24.6 Å². The van der Waals surface area contributed by atoms with Crippen LogP contribution in [-0.4, -0.2) is 8.07 Å². The highest BCUT2D eigenvalue weighted by molar-refractivity contribution is 7.12. The third-order valence-electron chi connectivity index (χ3n) is 3.61. The van der Waals surface area contributed by atoms with E-state index in [1.807, 2.05) is 11.3 Å². The zero-order valence-electron chi connectivity index (χ0n) is 11.5. The zero-order valence-corrected chi connectivity index (χ0v) is 13.3. The largest absolute Gasteiger partial charge is 0.148 e. The molecule has 1 aromatic rings. The van der Waals surface area contributed by atoms with Gasteiger partial charge in [-0.3, -0.25) is 0 Å². The maximum Gasteiger partial charge on any atom is 0.0790 e. The van der Waals surface area contributed by atoms with Crippen molar-refractivity contribution in [2.24, 2.45) is 0 Å². The van der Waals surface area contributed by atoms with Crippen LogP contribution in [0.1, 0.15) is 25.1 Å². The number of hydrogen-bond acceptors (Lipinski definition) is 1. The molecule has 0 N–H and O–H groups in total. The summed E-state index contributed by atoms with van der Waals surface area (Å²) in [5, 5.41) is 3.91. The minimum Gasteiger partial charge on any atom is -0.148 e. The summed E-state index contributed by atoms with van der Waals surface area (Å²) in [6, 6.07) is 2.36. The molecule has 0 spiro atoms. The predicted octanol–water partition coefficient (Wildman–Crippen LogP) is 4.46. The summed E-state index contributed by atoms with van der Waals surface area (Å²) in [7, 11) is -1.22. The lowest BCUT2D eigenvalue weighted by Gasteiger charge is -2.30. The first-order valence-electron chi connectivity index (χ1n) is 6.28. The Balaban J connectivity index is 2.44. The standard InChI is InChI=1S/C15H22SSi/c1-15(2,12-8-6-7-9-12)14-13(10-11-16-14)17(3,4)5/h6-8,10-11H,9H2,1-5H3. The van der Waals surface area contributed by atoms with Crippen molar-refractivity contribution in [1.29, 1.82) is 0 Å². The Morgan fingerprint density at radius 1 is 1.24 bits per heavy atom. The van der Waals surface area contributed by atoms with Gasteiger partial charge in [-0.25, -0.2) is 0 Å². The second-order valence-electron chi connectivity index (χ2n) is 6.36. The molecule has 1 aliphatic carbocycles. The third-order valence-corrected chi connectivity index (χ3v) is 7.07. The fourth-order valence-electron chi connectivity index (χ4n) is 2.44. The van der Waals surface area contributed by atoms with Gasteiger partial charge in [-0.15, -0.1) is 11.3 Å². The van der Waals surface area contributed by atoms with E-state index in [9.17, 15) is 0 Å². The summed E-state index contributed by atoms with van der Waals surface area (Å²) in [4.78, 5) is 1.59. The summed E-state index contributed by atoms with van der Waals surface area (Å²) in [5.74, 6) is 0. The van der Waals surface area contributed by atoms with E-state index >= 15 is 0 Å². The molecule has 17 heavy (non-hydrogen) atoms. The zero-order chi connectivity index (χ0) is 12.7. The molecule has 0 unspecified atom stereocenters. The van der Waals surface area contributed by atoms with E-state index in [0.29, 0.717) is 0 Å². The lowest BCUT2D eigenvalue weighted by molar-refractivity contribution is 0.630. The Hall–Kier alpha value is -0.603. The molecular formula is C15H22SSi. The molecule has 0 amide bonds. The molecule has 0 aromatic carbocycles. The average molecular weight is 262 g/mol. The first-order chi connectivity index (χ1) is 7.83. The van der Waals surface area contributed by atoms with Crippen LogP contribution in [0, 0.1) is 0 Å². The van der Waals surface area contributed by atoms with Crippen LogP contribution in [0.5, 0.6) is 0 Å². The van der Waals surface area contributed by atoms with Crippen molar-refractivity contribution in [2.45, 2.75) is 45.3 Å². The molecule has 1 heterocycles. The van der Waals surface area contributed by atoms with Crippen LogP contribution < -0.4 is 5.19 Å². The molecule has 0 bridgehead atoms. The van der Waals surface area contributed by atoms with Gasteiger partial charge in [-0.05, 0) is 17.0 Å². The second kappa shape index (κ2) is 4.25. The summed E-state index contributed by atoms with van der Waals surface area (Å²) in [6.07, 6.45) is 7.88. The lowest BCUT2D eigenvalue weighted by Crippen LogP contribution is -2.42. The molecule has 0 saturated heterocycles. The first kappa shape index (κ1) is 12.8. The Morgan fingerprint density at radius 3 is 2.47 bits per heavy atom. The van der Waals surface area contributed by atoms with E-state index in [4.69, 9.17) is 0 Å². The minimum absolute atomic E-state index is 0.202. The van der Waals surface area contributed by atoms with Crippen LogP contribution in [0.25, 0.3) is 0 Å². The van der Waals surface area contributed by atoms with Crippen molar-refractivity contribution in [1.82, 2.24) is 0 Å². The Labute approximate surface area is 110 Å². The molecule has 92 valence electrons. The summed E-state index contributed by atoms with van der Waals surface area (Å²) in [6.45, 7) is 12.1. The van der Waals surface area contributed by atoms with Gasteiger partial charge in [-0.1, -0.05) is 63.4 Å². The monoisotopic (exact) mass is 262 g/mol. The van der Waals surface area contributed by atoms with Gasteiger partial charge in [-0.2, -0.15) is 0 Å². The maximum atomic E-state index is 2.44. The van der Waals surface area contributed by atoms with Gasteiger partial charge < -0.3 is 0 Å². The second-order valence-corrected chi connectivity index (χ2v) is 12.3. The normalized spacial score (nSPS) is 16.4. The summed E-state index contributed by atoms with van der Waals surface area (Å²) >= 11 is 1.94. The van der Waals surface area contributed by atoms with Crippen LogP contribution in [0.4, 0.5) is 0 Å². The summed E-state index contributed by atoms with van der Waals surface area (Å²) < 4.78 is 0. The lowest BCUT2D eigenvalue weighted by atomic mass is 9.82. The molecule has 0 nitrogen and oxygen atoms in total. The fourth-order valence-corrected chi connectivity index (χ4v) is 6.19. The first-order valence-corrected chi connectivity index (χ1v) is 10.7. The SMILES string of the molecule is CC(C)(C1=CC=CC1)c1sccc1[Si](C)(C)C. The number of thiophene rings is 1. The predicted molar refractivity (Wildman–Crippen MR) is 82.2 cm³/mol. The van der Waals surface area contributed by atoms with Crippen molar-refractivity contribution in [2.75, 3.05) is 0 Å². The fraction of sp³-hybridized carbons (Fsp3) is 0.467. The topological polar surface area (TPSA) is 0 Å². The summed E-state index contributed by atoms with van der Waals surface area (Å²) in [5.41, 5.74) is 1.76. The van der Waals surface area contributed by atoms with Gasteiger partial charge in [0.05, 0.1) is 8.07 Å². The molecule has 1 aliphatic rings. The van der Waals surface area contributed by atoms with Gasteiger partial charge >= 0.3 is 0 Å². The molecule has 0 saturated carbocycles. The molecule has 1 aromatic heterocycles. The van der Waals surface area contributed by atoms with Crippen LogP contribution in [0.3, 0.4) is 0 Å². The van der Waals surface area contributed by atoms with E-state index in [-0.39, 0.29) is 5.41 Å². The Kier molecular flexibility index (Phi) is 3.21. The molecule has 0 fully saturated rings. The smallest absolute Gasteiger partial charge is 0.0790 e. The molecule has 0 aliphatic heterocycles. The quantitative estimate of drug-likeness (QED) is 0.706. The highest BCUT2D eigenvalue weighted by Gasteiger charge is 2.33. The van der Waals surface area contributed by atoms with E-state index in [1.54, 1.807) is 15.6 Å². The van der Waals surface area contributed by atoms with Crippen molar-refractivity contribution in [3.05, 3.63) is 40.1 Å². The molecule has 0 atom stereocenters. The van der Waals surface area contributed by atoms with Crippen LogP contribution in [0.2, 0.25) is 19.6 Å². The van der Waals surface area contributed by atoms with Crippen LogP contribution >= 0.6 is 11.3 Å². The highest BCUT2D eigenvalue weighted by Crippen LogP contribution is 2.38. The number of hydrogen-bond donors (Lipinski definition) is 0. The highest BCUT2D eigenvalue weighted by atomic mass is 32.1. The van der Waals surface area contributed by atoms with Crippen LogP contribution in [-0.2, 0) is 5.41 Å². The average Bonchev–Trinajstić information content (AvgIpc) is 2.89. The van der Waals surface area contributed by atoms with Gasteiger partial charge in [0.25, 0.3) is 0 Å². The van der Waals surface area contributed by atoms with E-state index < -0.39 is 8.07 Å². The van der Waals surface area contributed by atoms with Crippen molar-refractivity contribution in [3.63, 3.8) is 0 Å². The Morgan fingerprint density at radius 2 is 1.94 bits per heavy atom. The number of allylic oxidation sites excluding steroid dienone is 4. The van der Waals surface area contributed by atoms with Gasteiger partial charge in [0.15, 0.2) is 0 Å². The minimum atomic E-state index is -1.22. The molecular weight excluding hydrogens is 240 g/mol. The van der Waals surface area contributed by atoms with Crippen molar-refractivity contribution in [3.8, 4) is 0 Å².